The Bertz CT molecular complexity index is 389. The van der Waals surface area contributed by atoms with E-state index in [4.69, 9.17) is 16.3 Å². The van der Waals surface area contributed by atoms with E-state index in [1.807, 2.05) is 0 Å². The van der Waals surface area contributed by atoms with E-state index in [2.05, 4.69) is 5.32 Å². The van der Waals surface area contributed by atoms with Gasteiger partial charge in [-0.1, -0.05) is 11.6 Å². The Morgan fingerprint density at radius 1 is 1.24 bits per heavy atom. The van der Waals surface area contributed by atoms with Crippen molar-refractivity contribution in [3.05, 3.63) is 29.3 Å². The number of benzene rings is 1. The van der Waals surface area contributed by atoms with Gasteiger partial charge in [0.2, 0.25) is 5.91 Å². The zero-order valence-electron chi connectivity index (χ0n) is 9.53. The van der Waals surface area contributed by atoms with Gasteiger partial charge in [-0.25, -0.2) is 0 Å². The monoisotopic (exact) mass is 255 g/mol. The van der Waals surface area contributed by atoms with Gasteiger partial charge in [-0.05, 0) is 31.2 Å². The van der Waals surface area contributed by atoms with Crippen LogP contribution in [0.1, 0.15) is 19.8 Å². The van der Waals surface area contributed by atoms with Crippen LogP contribution in [0.5, 0.6) is 0 Å². The number of carbonyl (C=O) groups excluding carboxylic acids is 2. The SMILES string of the molecule is CCOC(=O)CCC(=O)Nc1ccc(Cl)cc1. The van der Waals surface area contributed by atoms with Crippen molar-refractivity contribution in [2.75, 3.05) is 11.9 Å². The van der Waals surface area contributed by atoms with E-state index in [-0.39, 0.29) is 24.7 Å². The summed E-state index contributed by atoms with van der Waals surface area (Å²) in [6.45, 7) is 2.06. The Kier molecular flexibility index (Phi) is 5.49. The minimum atomic E-state index is -0.362. The lowest BCUT2D eigenvalue weighted by atomic mass is 10.2. The highest BCUT2D eigenvalue weighted by molar-refractivity contribution is 6.30. The molecule has 0 spiro atoms. The fourth-order valence-corrected chi connectivity index (χ4v) is 1.33. The minimum Gasteiger partial charge on any atom is -0.466 e. The molecule has 0 bridgehead atoms. The van der Waals surface area contributed by atoms with Crippen LogP contribution < -0.4 is 5.32 Å². The maximum atomic E-state index is 11.5. The highest BCUT2D eigenvalue weighted by Crippen LogP contribution is 2.13. The fourth-order valence-electron chi connectivity index (χ4n) is 1.21. The number of hydrogen-bond donors (Lipinski definition) is 1. The molecule has 0 aliphatic rings. The Morgan fingerprint density at radius 3 is 2.47 bits per heavy atom. The van der Waals surface area contributed by atoms with E-state index in [9.17, 15) is 9.59 Å². The number of esters is 1. The van der Waals surface area contributed by atoms with Crippen molar-refractivity contribution in [3.8, 4) is 0 Å². The molecule has 1 amide bonds. The van der Waals surface area contributed by atoms with Gasteiger partial charge in [0.05, 0.1) is 13.0 Å². The Labute approximate surface area is 105 Å². The summed E-state index contributed by atoms with van der Waals surface area (Å²) < 4.78 is 4.72. The second-order valence-electron chi connectivity index (χ2n) is 3.36. The van der Waals surface area contributed by atoms with Gasteiger partial charge in [-0.3, -0.25) is 9.59 Å². The van der Waals surface area contributed by atoms with Crippen LogP contribution in [0.2, 0.25) is 5.02 Å². The first-order valence-electron chi connectivity index (χ1n) is 5.33. The summed E-state index contributed by atoms with van der Waals surface area (Å²) in [5.41, 5.74) is 0.656. The number of anilines is 1. The smallest absolute Gasteiger partial charge is 0.306 e. The van der Waals surface area contributed by atoms with Crippen LogP contribution in [0.4, 0.5) is 5.69 Å². The molecule has 0 saturated carbocycles. The van der Waals surface area contributed by atoms with E-state index >= 15 is 0 Å². The van der Waals surface area contributed by atoms with E-state index in [0.29, 0.717) is 17.3 Å². The molecule has 1 rings (SSSR count). The number of rotatable bonds is 5. The lowest BCUT2D eigenvalue weighted by Crippen LogP contribution is -2.14. The van der Waals surface area contributed by atoms with Crippen LogP contribution in [-0.2, 0) is 14.3 Å². The maximum absolute atomic E-state index is 11.5. The van der Waals surface area contributed by atoms with E-state index < -0.39 is 0 Å². The van der Waals surface area contributed by atoms with Crippen molar-refractivity contribution in [1.29, 1.82) is 0 Å². The third-order valence-electron chi connectivity index (χ3n) is 1.99. The number of halogens is 1. The van der Waals surface area contributed by atoms with Gasteiger partial charge in [0, 0.05) is 17.1 Å². The molecule has 0 atom stereocenters. The number of nitrogens with one attached hydrogen (secondary N) is 1. The molecule has 5 heteroatoms. The predicted molar refractivity (Wildman–Crippen MR) is 65.9 cm³/mol. The van der Waals surface area contributed by atoms with E-state index in [1.165, 1.54) is 0 Å². The summed E-state index contributed by atoms with van der Waals surface area (Å²) in [5, 5.41) is 3.27. The molecular weight excluding hydrogens is 242 g/mol. The normalized spacial score (nSPS) is 9.76. The summed E-state index contributed by atoms with van der Waals surface area (Å²) >= 11 is 5.71. The van der Waals surface area contributed by atoms with Crippen molar-refractivity contribution >= 4 is 29.2 Å². The van der Waals surface area contributed by atoms with Crippen LogP contribution in [-0.4, -0.2) is 18.5 Å². The molecular formula is C12H14ClNO3. The van der Waals surface area contributed by atoms with Gasteiger partial charge in [0.15, 0.2) is 0 Å². The zero-order valence-corrected chi connectivity index (χ0v) is 10.3. The van der Waals surface area contributed by atoms with Crippen LogP contribution in [0.15, 0.2) is 24.3 Å². The second-order valence-corrected chi connectivity index (χ2v) is 3.80. The lowest BCUT2D eigenvalue weighted by molar-refractivity contribution is -0.144. The molecule has 0 fully saturated rings. The third-order valence-corrected chi connectivity index (χ3v) is 2.24. The first-order chi connectivity index (χ1) is 8.11. The molecule has 0 unspecified atom stereocenters. The molecule has 1 aromatic carbocycles. The Hall–Kier alpha value is -1.55. The molecule has 92 valence electrons. The average molecular weight is 256 g/mol. The summed E-state index contributed by atoms with van der Waals surface area (Å²) in [6.07, 6.45) is 0.203. The molecule has 4 nitrogen and oxygen atoms in total. The number of amides is 1. The van der Waals surface area contributed by atoms with Crippen LogP contribution in [0, 0.1) is 0 Å². The van der Waals surface area contributed by atoms with Crippen molar-refractivity contribution < 1.29 is 14.3 Å². The first kappa shape index (κ1) is 13.5. The fraction of sp³-hybridized carbons (Fsp3) is 0.333. The highest BCUT2D eigenvalue weighted by atomic mass is 35.5. The number of hydrogen-bond acceptors (Lipinski definition) is 3. The van der Waals surface area contributed by atoms with Crippen molar-refractivity contribution in [1.82, 2.24) is 0 Å². The zero-order chi connectivity index (χ0) is 12.7. The topological polar surface area (TPSA) is 55.4 Å². The minimum absolute atomic E-state index is 0.0905. The average Bonchev–Trinajstić information content (AvgIpc) is 2.30. The number of ether oxygens (including phenoxy) is 1. The molecule has 1 N–H and O–H groups in total. The van der Waals surface area contributed by atoms with Gasteiger partial charge < -0.3 is 10.1 Å². The predicted octanol–water partition coefficient (Wildman–Crippen LogP) is 2.62. The third kappa shape index (κ3) is 5.36. The first-order valence-corrected chi connectivity index (χ1v) is 5.70. The van der Waals surface area contributed by atoms with Crippen LogP contribution >= 0.6 is 11.6 Å². The van der Waals surface area contributed by atoms with Crippen LogP contribution in [0.3, 0.4) is 0 Å². The van der Waals surface area contributed by atoms with Gasteiger partial charge in [0.25, 0.3) is 0 Å². The maximum Gasteiger partial charge on any atom is 0.306 e. The molecule has 1 aromatic rings. The molecule has 0 radical (unpaired) electrons. The summed E-state index contributed by atoms with van der Waals surface area (Å²) in [7, 11) is 0. The lowest BCUT2D eigenvalue weighted by Gasteiger charge is -2.05. The summed E-state index contributed by atoms with van der Waals surface area (Å²) in [5.74, 6) is -0.584. The van der Waals surface area contributed by atoms with Gasteiger partial charge >= 0.3 is 5.97 Å². The molecule has 0 heterocycles. The molecule has 0 saturated heterocycles. The van der Waals surface area contributed by atoms with E-state index in [0.717, 1.165) is 0 Å². The van der Waals surface area contributed by atoms with Gasteiger partial charge in [-0.2, -0.15) is 0 Å². The Balaban J connectivity index is 2.34. The quantitative estimate of drug-likeness (QED) is 0.823. The number of carbonyl (C=O) groups is 2. The highest BCUT2D eigenvalue weighted by Gasteiger charge is 2.07. The second kappa shape index (κ2) is 6.91. The van der Waals surface area contributed by atoms with Crippen molar-refractivity contribution in [2.24, 2.45) is 0 Å². The van der Waals surface area contributed by atoms with Crippen molar-refractivity contribution in [3.63, 3.8) is 0 Å². The molecule has 0 aliphatic heterocycles. The van der Waals surface area contributed by atoms with Crippen LogP contribution in [0.25, 0.3) is 0 Å². The summed E-state index contributed by atoms with van der Waals surface area (Å²) in [4.78, 5) is 22.5. The largest absolute Gasteiger partial charge is 0.466 e. The van der Waals surface area contributed by atoms with Crippen molar-refractivity contribution in [2.45, 2.75) is 19.8 Å². The van der Waals surface area contributed by atoms with Gasteiger partial charge in [-0.15, -0.1) is 0 Å². The molecule has 0 aliphatic carbocycles. The van der Waals surface area contributed by atoms with E-state index in [1.54, 1.807) is 31.2 Å². The standard InChI is InChI=1S/C12H14ClNO3/c1-2-17-12(16)8-7-11(15)14-10-5-3-9(13)4-6-10/h3-6H,2,7-8H2,1H3,(H,14,15). The molecule has 0 aromatic heterocycles. The summed E-state index contributed by atoms with van der Waals surface area (Å²) in [6, 6.07) is 6.76. The molecule has 17 heavy (non-hydrogen) atoms. The Morgan fingerprint density at radius 2 is 1.88 bits per heavy atom. The van der Waals surface area contributed by atoms with Gasteiger partial charge in [0.1, 0.15) is 0 Å².